The Morgan fingerprint density at radius 1 is 1.33 bits per heavy atom. The van der Waals surface area contributed by atoms with Crippen molar-refractivity contribution in [2.75, 3.05) is 0 Å². The Morgan fingerprint density at radius 2 is 1.93 bits per heavy atom. The highest BCUT2D eigenvalue weighted by molar-refractivity contribution is 6.43. The minimum absolute atomic E-state index is 0.203. The molecule has 5 heteroatoms. The molecule has 1 aromatic rings. The van der Waals surface area contributed by atoms with Crippen LogP contribution in [0.1, 0.15) is 31.9 Å². The molecule has 0 radical (unpaired) electrons. The number of halogens is 3. The second kappa shape index (κ2) is 5.35. The number of aromatic nitrogens is 1. The third-order valence-electron chi connectivity index (χ3n) is 2.06. The van der Waals surface area contributed by atoms with Gasteiger partial charge in [-0.15, -0.1) is 0 Å². The fourth-order valence-electron chi connectivity index (χ4n) is 1.42. The number of hydrogen-bond acceptors (Lipinski definition) is 2. The highest BCUT2D eigenvalue weighted by atomic mass is 35.5. The van der Waals surface area contributed by atoms with Crippen molar-refractivity contribution in [3.05, 3.63) is 27.0 Å². The molecule has 84 valence electrons. The SMILES string of the molecule is CC(C)C[C@@H](N)c1c(Cl)cnc(Cl)c1Cl. The van der Waals surface area contributed by atoms with Gasteiger partial charge in [0, 0.05) is 17.8 Å². The molecular formula is C10H13Cl3N2. The molecule has 0 fully saturated rings. The van der Waals surface area contributed by atoms with E-state index in [4.69, 9.17) is 40.5 Å². The highest BCUT2D eigenvalue weighted by Crippen LogP contribution is 2.35. The topological polar surface area (TPSA) is 38.9 Å². The number of nitrogens with zero attached hydrogens (tertiary/aromatic N) is 1. The van der Waals surface area contributed by atoms with Gasteiger partial charge in [-0.2, -0.15) is 0 Å². The zero-order valence-electron chi connectivity index (χ0n) is 8.60. The van der Waals surface area contributed by atoms with Gasteiger partial charge in [-0.05, 0) is 12.3 Å². The van der Waals surface area contributed by atoms with E-state index in [-0.39, 0.29) is 11.2 Å². The second-order valence-electron chi connectivity index (χ2n) is 3.86. The van der Waals surface area contributed by atoms with Gasteiger partial charge < -0.3 is 5.73 Å². The zero-order valence-corrected chi connectivity index (χ0v) is 10.9. The van der Waals surface area contributed by atoms with Crippen LogP contribution in [-0.4, -0.2) is 4.98 Å². The van der Waals surface area contributed by atoms with Gasteiger partial charge >= 0.3 is 0 Å². The van der Waals surface area contributed by atoms with E-state index in [0.29, 0.717) is 21.5 Å². The van der Waals surface area contributed by atoms with E-state index in [0.717, 1.165) is 6.42 Å². The molecule has 0 amide bonds. The molecule has 0 bridgehead atoms. The van der Waals surface area contributed by atoms with E-state index in [1.807, 2.05) is 0 Å². The molecule has 0 unspecified atom stereocenters. The van der Waals surface area contributed by atoms with Crippen LogP contribution in [0, 0.1) is 5.92 Å². The molecule has 0 aromatic carbocycles. The fourth-order valence-corrected chi connectivity index (χ4v) is 2.19. The van der Waals surface area contributed by atoms with Gasteiger partial charge in [-0.3, -0.25) is 0 Å². The average Bonchev–Trinajstić information content (AvgIpc) is 2.11. The maximum absolute atomic E-state index is 6.02. The van der Waals surface area contributed by atoms with Crippen molar-refractivity contribution in [1.82, 2.24) is 4.98 Å². The number of nitrogens with two attached hydrogens (primary N) is 1. The van der Waals surface area contributed by atoms with Crippen LogP contribution in [0.25, 0.3) is 0 Å². The standard InChI is InChI=1S/C10H13Cl3N2/c1-5(2)3-7(14)8-6(11)4-15-10(13)9(8)12/h4-5,7H,3,14H2,1-2H3/t7-/m1/s1. The van der Waals surface area contributed by atoms with Crippen molar-refractivity contribution in [3.63, 3.8) is 0 Å². The lowest BCUT2D eigenvalue weighted by Gasteiger charge is -2.17. The quantitative estimate of drug-likeness (QED) is 0.838. The van der Waals surface area contributed by atoms with Gasteiger partial charge in [0.25, 0.3) is 0 Å². The summed E-state index contributed by atoms with van der Waals surface area (Å²) in [7, 11) is 0. The lowest BCUT2D eigenvalue weighted by molar-refractivity contribution is 0.510. The smallest absolute Gasteiger partial charge is 0.148 e. The first-order chi connectivity index (χ1) is 6.93. The molecule has 0 aliphatic carbocycles. The van der Waals surface area contributed by atoms with E-state index in [2.05, 4.69) is 18.8 Å². The van der Waals surface area contributed by atoms with Crippen LogP contribution in [0.2, 0.25) is 15.2 Å². The predicted octanol–water partition coefficient (Wildman–Crippen LogP) is 4.09. The summed E-state index contributed by atoms with van der Waals surface area (Å²) >= 11 is 17.8. The van der Waals surface area contributed by atoms with Crippen molar-refractivity contribution >= 4 is 34.8 Å². The van der Waals surface area contributed by atoms with E-state index >= 15 is 0 Å². The van der Waals surface area contributed by atoms with Crippen LogP contribution >= 0.6 is 34.8 Å². The molecule has 1 atom stereocenters. The minimum Gasteiger partial charge on any atom is -0.324 e. The largest absolute Gasteiger partial charge is 0.324 e. The molecule has 0 saturated heterocycles. The first kappa shape index (κ1) is 13.0. The van der Waals surface area contributed by atoms with Crippen molar-refractivity contribution in [2.45, 2.75) is 26.3 Å². The molecule has 2 N–H and O–H groups in total. The average molecular weight is 268 g/mol. The van der Waals surface area contributed by atoms with Gasteiger partial charge in [-0.1, -0.05) is 48.7 Å². The number of rotatable bonds is 3. The van der Waals surface area contributed by atoms with Crippen LogP contribution in [0.3, 0.4) is 0 Å². The summed E-state index contributed by atoms with van der Waals surface area (Å²) in [6, 6.07) is -0.203. The highest BCUT2D eigenvalue weighted by Gasteiger charge is 2.18. The molecule has 1 rings (SSSR count). The number of pyridine rings is 1. The Kier molecular flexibility index (Phi) is 4.65. The lowest BCUT2D eigenvalue weighted by atomic mass is 9.98. The first-order valence-corrected chi connectivity index (χ1v) is 5.81. The molecule has 0 spiro atoms. The van der Waals surface area contributed by atoms with Crippen molar-refractivity contribution in [3.8, 4) is 0 Å². The summed E-state index contributed by atoms with van der Waals surface area (Å²) in [5.74, 6) is 0.471. The Morgan fingerprint density at radius 3 is 2.47 bits per heavy atom. The van der Waals surface area contributed by atoms with E-state index < -0.39 is 0 Å². The molecule has 1 aromatic heterocycles. The third kappa shape index (κ3) is 3.22. The molecule has 0 aliphatic heterocycles. The van der Waals surface area contributed by atoms with Crippen LogP contribution in [0.15, 0.2) is 6.20 Å². The van der Waals surface area contributed by atoms with E-state index in [1.54, 1.807) is 0 Å². The van der Waals surface area contributed by atoms with Gasteiger partial charge in [0.1, 0.15) is 5.15 Å². The van der Waals surface area contributed by atoms with Crippen molar-refractivity contribution < 1.29 is 0 Å². The molecule has 15 heavy (non-hydrogen) atoms. The van der Waals surface area contributed by atoms with Gasteiger partial charge in [0.15, 0.2) is 0 Å². The van der Waals surface area contributed by atoms with Crippen LogP contribution in [0.4, 0.5) is 0 Å². The summed E-state index contributed by atoms with van der Waals surface area (Å²) in [5.41, 5.74) is 6.70. The van der Waals surface area contributed by atoms with Crippen molar-refractivity contribution in [1.29, 1.82) is 0 Å². The van der Waals surface area contributed by atoms with E-state index in [1.165, 1.54) is 6.20 Å². The maximum atomic E-state index is 6.02. The fraction of sp³-hybridized carbons (Fsp3) is 0.500. The Balaban J connectivity index is 3.07. The van der Waals surface area contributed by atoms with Crippen LogP contribution in [-0.2, 0) is 0 Å². The molecule has 0 aliphatic rings. The molecular weight excluding hydrogens is 254 g/mol. The summed E-state index contributed by atoms with van der Waals surface area (Å²) in [5, 5.41) is 1.07. The molecule has 1 heterocycles. The summed E-state index contributed by atoms with van der Waals surface area (Å²) in [4.78, 5) is 3.85. The van der Waals surface area contributed by atoms with Gasteiger partial charge in [-0.25, -0.2) is 4.98 Å². The summed E-state index contributed by atoms with van der Waals surface area (Å²) in [6.07, 6.45) is 2.28. The molecule has 0 saturated carbocycles. The maximum Gasteiger partial charge on any atom is 0.148 e. The number of hydrogen-bond donors (Lipinski definition) is 1. The van der Waals surface area contributed by atoms with Gasteiger partial charge in [0.2, 0.25) is 0 Å². The molecule has 2 nitrogen and oxygen atoms in total. The van der Waals surface area contributed by atoms with Crippen LogP contribution < -0.4 is 5.73 Å². The predicted molar refractivity (Wildman–Crippen MR) is 65.7 cm³/mol. The van der Waals surface area contributed by atoms with Crippen LogP contribution in [0.5, 0.6) is 0 Å². The summed E-state index contributed by atoms with van der Waals surface area (Å²) in [6.45, 7) is 4.18. The monoisotopic (exact) mass is 266 g/mol. The minimum atomic E-state index is -0.203. The van der Waals surface area contributed by atoms with E-state index in [9.17, 15) is 0 Å². The summed E-state index contributed by atoms with van der Waals surface area (Å²) < 4.78 is 0. The Labute approximate surface area is 105 Å². The lowest BCUT2D eigenvalue weighted by Crippen LogP contribution is -2.14. The van der Waals surface area contributed by atoms with Crippen molar-refractivity contribution in [2.24, 2.45) is 11.7 Å². The zero-order chi connectivity index (χ0) is 11.6. The normalized spacial score (nSPS) is 13.3. The Hall–Kier alpha value is -0.0200. The first-order valence-electron chi connectivity index (χ1n) is 4.68. The third-order valence-corrected chi connectivity index (χ3v) is 3.13. The van der Waals surface area contributed by atoms with Gasteiger partial charge in [0.05, 0.1) is 10.0 Å². The second-order valence-corrected chi connectivity index (χ2v) is 5.00. The Bertz CT molecular complexity index is 353.